The van der Waals surface area contributed by atoms with E-state index >= 15 is 0 Å². The lowest BCUT2D eigenvalue weighted by Gasteiger charge is -2.42. The maximum atomic E-state index is 5.94. The van der Waals surface area contributed by atoms with E-state index in [1.54, 1.807) is 7.11 Å². The normalized spacial score (nSPS) is 38.5. The van der Waals surface area contributed by atoms with E-state index in [4.69, 9.17) is 14.2 Å². The highest BCUT2D eigenvalue weighted by Crippen LogP contribution is 2.33. The molecule has 0 bridgehead atoms. The van der Waals surface area contributed by atoms with Gasteiger partial charge in [-0.2, -0.15) is 0 Å². The molecule has 2 rings (SSSR count). The van der Waals surface area contributed by atoms with E-state index in [1.807, 2.05) is 0 Å². The summed E-state index contributed by atoms with van der Waals surface area (Å²) >= 11 is 0. The number of allylic oxidation sites excluding steroid dienone is 1. The van der Waals surface area contributed by atoms with E-state index in [1.165, 1.54) is 0 Å². The van der Waals surface area contributed by atoms with E-state index < -0.39 is 0 Å². The zero-order chi connectivity index (χ0) is 9.86. The number of hydrogen-bond donors (Lipinski definition) is 0. The Morgan fingerprint density at radius 1 is 1.36 bits per heavy atom. The second-order valence-corrected chi connectivity index (χ2v) is 3.94. The van der Waals surface area contributed by atoms with Crippen molar-refractivity contribution in [3.05, 3.63) is 12.2 Å². The second-order valence-electron chi connectivity index (χ2n) is 3.94. The Morgan fingerprint density at radius 3 is 3.14 bits per heavy atom. The summed E-state index contributed by atoms with van der Waals surface area (Å²) in [6.07, 6.45) is 7.46. The summed E-state index contributed by atoms with van der Waals surface area (Å²) in [5.41, 5.74) is -0.101. The van der Waals surface area contributed by atoms with E-state index in [9.17, 15) is 0 Å². The molecule has 1 spiro atoms. The van der Waals surface area contributed by atoms with Crippen molar-refractivity contribution in [3.63, 3.8) is 0 Å². The predicted octanol–water partition coefficient (Wildman–Crippen LogP) is 1.53. The van der Waals surface area contributed by atoms with Gasteiger partial charge in [0.15, 0.2) is 0 Å². The minimum Gasteiger partial charge on any atom is -0.379 e. The number of ether oxygens (including phenoxy) is 3. The van der Waals surface area contributed by atoms with Gasteiger partial charge in [0.05, 0.1) is 18.8 Å². The van der Waals surface area contributed by atoms with Gasteiger partial charge in [-0.15, -0.1) is 0 Å². The van der Waals surface area contributed by atoms with Gasteiger partial charge in [0.2, 0.25) is 0 Å². The van der Waals surface area contributed by atoms with Crippen molar-refractivity contribution in [2.45, 2.75) is 31.0 Å². The third-order valence-corrected chi connectivity index (χ3v) is 3.18. The zero-order valence-corrected chi connectivity index (χ0v) is 8.70. The van der Waals surface area contributed by atoms with Crippen molar-refractivity contribution < 1.29 is 14.2 Å². The van der Waals surface area contributed by atoms with Gasteiger partial charge >= 0.3 is 0 Å². The van der Waals surface area contributed by atoms with Crippen molar-refractivity contribution in [3.8, 4) is 0 Å². The zero-order valence-electron chi connectivity index (χ0n) is 8.70. The van der Waals surface area contributed by atoms with Crippen LogP contribution in [0.25, 0.3) is 0 Å². The molecule has 80 valence electrons. The Kier molecular flexibility index (Phi) is 3.21. The monoisotopic (exact) mass is 198 g/mol. The van der Waals surface area contributed by atoms with Crippen LogP contribution in [0, 0.1) is 0 Å². The Hall–Kier alpha value is -0.380. The van der Waals surface area contributed by atoms with Crippen LogP contribution in [-0.2, 0) is 14.2 Å². The van der Waals surface area contributed by atoms with Crippen molar-refractivity contribution in [2.24, 2.45) is 0 Å². The molecular weight excluding hydrogens is 180 g/mol. The lowest BCUT2D eigenvalue weighted by atomic mass is 9.86. The quantitative estimate of drug-likeness (QED) is 0.598. The summed E-state index contributed by atoms with van der Waals surface area (Å²) in [6.45, 7) is 2.16. The first-order chi connectivity index (χ1) is 6.87. The van der Waals surface area contributed by atoms with Gasteiger partial charge < -0.3 is 14.2 Å². The van der Waals surface area contributed by atoms with Crippen LogP contribution in [0.2, 0.25) is 0 Å². The minimum atomic E-state index is -0.101. The highest BCUT2D eigenvalue weighted by Gasteiger charge is 2.42. The third kappa shape index (κ3) is 1.85. The van der Waals surface area contributed by atoms with Gasteiger partial charge in [-0.3, -0.25) is 0 Å². The van der Waals surface area contributed by atoms with E-state index in [-0.39, 0.29) is 11.7 Å². The van der Waals surface area contributed by atoms with Gasteiger partial charge in [0, 0.05) is 20.1 Å². The molecule has 0 aromatic rings. The van der Waals surface area contributed by atoms with Crippen molar-refractivity contribution in [1.29, 1.82) is 0 Å². The van der Waals surface area contributed by atoms with Gasteiger partial charge in [-0.1, -0.05) is 12.2 Å². The van der Waals surface area contributed by atoms with Crippen LogP contribution in [0.15, 0.2) is 12.2 Å². The third-order valence-electron chi connectivity index (χ3n) is 3.18. The molecule has 0 unspecified atom stereocenters. The van der Waals surface area contributed by atoms with Gasteiger partial charge in [-0.25, -0.2) is 0 Å². The van der Waals surface area contributed by atoms with Crippen LogP contribution in [-0.4, -0.2) is 38.6 Å². The lowest BCUT2D eigenvalue weighted by molar-refractivity contribution is -0.188. The van der Waals surface area contributed by atoms with Gasteiger partial charge in [-0.05, 0) is 12.8 Å². The number of rotatable bonds is 1. The smallest absolute Gasteiger partial charge is 0.109 e. The Balaban J connectivity index is 2.09. The summed E-state index contributed by atoms with van der Waals surface area (Å²) in [5, 5.41) is 0. The van der Waals surface area contributed by atoms with Crippen LogP contribution < -0.4 is 0 Å². The summed E-state index contributed by atoms with van der Waals surface area (Å²) in [7, 11) is 1.74. The fourth-order valence-electron chi connectivity index (χ4n) is 2.28. The molecule has 1 fully saturated rings. The first kappa shape index (κ1) is 10.1. The summed E-state index contributed by atoms with van der Waals surface area (Å²) in [4.78, 5) is 0. The summed E-state index contributed by atoms with van der Waals surface area (Å²) < 4.78 is 16.8. The second kappa shape index (κ2) is 4.43. The highest BCUT2D eigenvalue weighted by molar-refractivity contribution is 4.98. The average Bonchev–Trinajstić information content (AvgIpc) is 2.45. The molecule has 0 N–H and O–H groups in total. The van der Waals surface area contributed by atoms with E-state index in [0.717, 1.165) is 25.9 Å². The fourth-order valence-corrected chi connectivity index (χ4v) is 2.28. The first-order valence-corrected chi connectivity index (χ1v) is 5.27. The molecule has 3 heteroatoms. The van der Waals surface area contributed by atoms with Gasteiger partial charge in [0.25, 0.3) is 0 Å². The topological polar surface area (TPSA) is 27.7 Å². The molecule has 0 aliphatic carbocycles. The summed E-state index contributed by atoms with van der Waals surface area (Å²) in [5.74, 6) is 0. The number of methoxy groups -OCH3 is 1. The lowest BCUT2D eigenvalue weighted by Crippen LogP contribution is -2.52. The number of hydrogen-bond acceptors (Lipinski definition) is 3. The van der Waals surface area contributed by atoms with Gasteiger partial charge in [0.1, 0.15) is 6.10 Å². The molecule has 0 amide bonds. The van der Waals surface area contributed by atoms with Crippen LogP contribution in [0.4, 0.5) is 0 Å². The standard InChI is InChI=1S/C11H18O3/c1-12-10-9-13-8-6-11(10)5-3-2-4-7-14-11/h2,4,10H,3,5-9H2,1H3/t10-,11+/m1/s1. The molecule has 3 nitrogen and oxygen atoms in total. The molecule has 14 heavy (non-hydrogen) atoms. The van der Waals surface area contributed by atoms with Crippen LogP contribution in [0.3, 0.4) is 0 Å². The maximum absolute atomic E-state index is 5.94. The molecule has 2 aliphatic heterocycles. The molecule has 1 saturated heterocycles. The van der Waals surface area contributed by atoms with Crippen LogP contribution in [0.1, 0.15) is 19.3 Å². The molecule has 0 aromatic heterocycles. The van der Waals surface area contributed by atoms with Crippen molar-refractivity contribution >= 4 is 0 Å². The predicted molar refractivity (Wildman–Crippen MR) is 53.3 cm³/mol. The Morgan fingerprint density at radius 2 is 2.29 bits per heavy atom. The molecule has 0 saturated carbocycles. The van der Waals surface area contributed by atoms with E-state index in [0.29, 0.717) is 13.2 Å². The molecule has 0 aromatic carbocycles. The van der Waals surface area contributed by atoms with Crippen molar-refractivity contribution in [1.82, 2.24) is 0 Å². The first-order valence-electron chi connectivity index (χ1n) is 5.27. The minimum absolute atomic E-state index is 0.0937. The molecule has 2 heterocycles. The van der Waals surface area contributed by atoms with Crippen molar-refractivity contribution in [2.75, 3.05) is 26.9 Å². The molecular formula is C11H18O3. The highest BCUT2D eigenvalue weighted by atomic mass is 16.6. The fraction of sp³-hybridized carbons (Fsp3) is 0.818. The van der Waals surface area contributed by atoms with Crippen LogP contribution in [0.5, 0.6) is 0 Å². The molecule has 2 aliphatic rings. The van der Waals surface area contributed by atoms with Crippen LogP contribution >= 0.6 is 0 Å². The molecule has 0 radical (unpaired) electrons. The Bertz CT molecular complexity index is 203. The molecule has 2 atom stereocenters. The average molecular weight is 198 g/mol. The SMILES string of the molecule is CO[C@@H]1COCC[C@@]12CCC=CCO2. The summed E-state index contributed by atoms with van der Waals surface area (Å²) in [6, 6.07) is 0. The largest absolute Gasteiger partial charge is 0.379 e. The van der Waals surface area contributed by atoms with E-state index in [2.05, 4.69) is 12.2 Å². The Labute approximate surface area is 85.0 Å². The maximum Gasteiger partial charge on any atom is 0.109 e.